The van der Waals surface area contributed by atoms with Crippen molar-refractivity contribution >= 4 is 33.3 Å². The average molecular weight is 313 g/mol. The van der Waals surface area contributed by atoms with Gasteiger partial charge in [0.2, 0.25) is 0 Å². The van der Waals surface area contributed by atoms with Crippen LogP contribution in [-0.2, 0) is 6.42 Å². The van der Waals surface area contributed by atoms with E-state index in [1.165, 1.54) is 0 Å². The standard InChI is InChI=1S/C12H11BrClN3/c13-9-7-11(14)12(17-8-9)16-6-4-10-3-1-2-5-15-10/h1-3,5,7-8H,4,6H2,(H,16,17). The third-order valence-electron chi connectivity index (χ3n) is 2.21. The molecule has 2 aromatic heterocycles. The maximum absolute atomic E-state index is 6.04. The first-order valence-corrected chi connectivity index (χ1v) is 6.37. The summed E-state index contributed by atoms with van der Waals surface area (Å²) in [5.41, 5.74) is 1.05. The van der Waals surface area contributed by atoms with Crippen molar-refractivity contribution in [1.82, 2.24) is 9.97 Å². The molecule has 0 aromatic carbocycles. The third-order valence-corrected chi connectivity index (χ3v) is 2.93. The van der Waals surface area contributed by atoms with Crippen LogP contribution in [0.4, 0.5) is 5.82 Å². The molecule has 0 aliphatic carbocycles. The second kappa shape index (κ2) is 5.98. The predicted molar refractivity (Wildman–Crippen MR) is 73.4 cm³/mol. The number of anilines is 1. The van der Waals surface area contributed by atoms with Gasteiger partial charge in [-0.05, 0) is 34.1 Å². The van der Waals surface area contributed by atoms with Crippen molar-refractivity contribution < 1.29 is 0 Å². The Balaban J connectivity index is 1.90. The first-order valence-electron chi connectivity index (χ1n) is 5.20. The molecule has 0 radical (unpaired) electrons. The first kappa shape index (κ1) is 12.3. The fourth-order valence-corrected chi connectivity index (χ4v) is 2.10. The second-order valence-electron chi connectivity index (χ2n) is 3.48. The van der Waals surface area contributed by atoms with E-state index in [-0.39, 0.29) is 0 Å². The number of hydrogen-bond donors (Lipinski definition) is 1. The summed E-state index contributed by atoms with van der Waals surface area (Å²) in [6.07, 6.45) is 4.35. The van der Waals surface area contributed by atoms with Crippen LogP contribution in [0.25, 0.3) is 0 Å². The molecule has 1 N–H and O–H groups in total. The third kappa shape index (κ3) is 3.68. The van der Waals surface area contributed by atoms with Crippen LogP contribution in [0.5, 0.6) is 0 Å². The summed E-state index contributed by atoms with van der Waals surface area (Å²) in [5.74, 6) is 0.700. The molecule has 17 heavy (non-hydrogen) atoms. The van der Waals surface area contributed by atoms with E-state index in [0.717, 1.165) is 23.1 Å². The van der Waals surface area contributed by atoms with Crippen LogP contribution in [-0.4, -0.2) is 16.5 Å². The summed E-state index contributed by atoms with van der Waals surface area (Å²) in [5, 5.41) is 3.80. The highest BCUT2D eigenvalue weighted by atomic mass is 79.9. The van der Waals surface area contributed by atoms with E-state index in [4.69, 9.17) is 11.6 Å². The molecule has 2 heterocycles. The first-order chi connectivity index (χ1) is 8.25. The Morgan fingerprint density at radius 1 is 1.29 bits per heavy atom. The Morgan fingerprint density at radius 3 is 2.88 bits per heavy atom. The van der Waals surface area contributed by atoms with Gasteiger partial charge in [0.1, 0.15) is 5.82 Å². The molecule has 3 nitrogen and oxygen atoms in total. The Kier molecular flexibility index (Phi) is 4.34. The highest BCUT2D eigenvalue weighted by Gasteiger charge is 2.01. The van der Waals surface area contributed by atoms with E-state index < -0.39 is 0 Å². The van der Waals surface area contributed by atoms with Crippen molar-refractivity contribution in [1.29, 1.82) is 0 Å². The lowest BCUT2D eigenvalue weighted by atomic mass is 10.3. The molecule has 0 amide bonds. The number of pyridine rings is 2. The summed E-state index contributed by atoms with van der Waals surface area (Å²) >= 11 is 9.36. The van der Waals surface area contributed by atoms with Gasteiger partial charge in [-0.1, -0.05) is 17.7 Å². The average Bonchev–Trinajstić information content (AvgIpc) is 2.33. The van der Waals surface area contributed by atoms with Gasteiger partial charge in [-0.2, -0.15) is 0 Å². The summed E-state index contributed by atoms with van der Waals surface area (Å²) < 4.78 is 0.873. The summed E-state index contributed by atoms with van der Waals surface area (Å²) in [4.78, 5) is 8.44. The Labute approximate surface area is 113 Å². The molecule has 5 heteroatoms. The highest BCUT2D eigenvalue weighted by Crippen LogP contribution is 2.22. The van der Waals surface area contributed by atoms with Gasteiger partial charge < -0.3 is 5.32 Å². The van der Waals surface area contributed by atoms with Gasteiger partial charge in [-0.15, -0.1) is 0 Å². The van der Waals surface area contributed by atoms with Gasteiger partial charge in [0.25, 0.3) is 0 Å². The molecule has 88 valence electrons. The number of aromatic nitrogens is 2. The fraction of sp³-hybridized carbons (Fsp3) is 0.167. The molecule has 0 unspecified atom stereocenters. The van der Waals surface area contributed by atoms with Crippen LogP contribution in [0.15, 0.2) is 41.1 Å². The zero-order valence-electron chi connectivity index (χ0n) is 9.03. The minimum atomic E-state index is 0.611. The minimum absolute atomic E-state index is 0.611. The van der Waals surface area contributed by atoms with Gasteiger partial charge in [0, 0.05) is 35.5 Å². The molecule has 0 aliphatic heterocycles. The van der Waals surface area contributed by atoms with Gasteiger partial charge in [0.15, 0.2) is 0 Å². The lowest BCUT2D eigenvalue weighted by molar-refractivity contribution is 0.954. The van der Waals surface area contributed by atoms with Crippen molar-refractivity contribution in [3.8, 4) is 0 Å². The number of halogens is 2. The van der Waals surface area contributed by atoms with Gasteiger partial charge >= 0.3 is 0 Å². The van der Waals surface area contributed by atoms with Crippen LogP contribution >= 0.6 is 27.5 Å². The Bertz CT molecular complexity index is 490. The van der Waals surface area contributed by atoms with Gasteiger partial charge in [0.05, 0.1) is 5.02 Å². The SMILES string of the molecule is Clc1cc(Br)cnc1NCCc1ccccn1. The minimum Gasteiger partial charge on any atom is -0.368 e. The van der Waals surface area contributed by atoms with Crippen molar-refractivity contribution in [2.75, 3.05) is 11.9 Å². The van der Waals surface area contributed by atoms with E-state index in [1.807, 2.05) is 24.3 Å². The molecule has 0 saturated heterocycles. The van der Waals surface area contributed by atoms with Gasteiger partial charge in [-0.25, -0.2) is 4.98 Å². The fourth-order valence-electron chi connectivity index (χ4n) is 1.40. The molecule has 2 rings (SSSR count). The lowest BCUT2D eigenvalue weighted by Gasteiger charge is -2.07. The van der Waals surface area contributed by atoms with E-state index >= 15 is 0 Å². The van der Waals surface area contributed by atoms with Gasteiger partial charge in [-0.3, -0.25) is 4.98 Å². The van der Waals surface area contributed by atoms with Crippen molar-refractivity contribution in [2.45, 2.75) is 6.42 Å². The molecular formula is C12H11BrClN3. The van der Waals surface area contributed by atoms with Crippen molar-refractivity contribution in [3.05, 3.63) is 51.8 Å². The molecule has 0 spiro atoms. The normalized spacial score (nSPS) is 10.2. The smallest absolute Gasteiger partial charge is 0.144 e. The summed E-state index contributed by atoms with van der Waals surface area (Å²) in [7, 11) is 0. The zero-order chi connectivity index (χ0) is 12.1. The zero-order valence-corrected chi connectivity index (χ0v) is 11.4. The van der Waals surface area contributed by atoms with Crippen LogP contribution in [0, 0.1) is 0 Å². The number of nitrogens with one attached hydrogen (secondary N) is 1. The molecule has 2 aromatic rings. The van der Waals surface area contributed by atoms with E-state index in [9.17, 15) is 0 Å². The highest BCUT2D eigenvalue weighted by molar-refractivity contribution is 9.10. The lowest BCUT2D eigenvalue weighted by Crippen LogP contribution is -2.07. The van der Waals surface area contributed by atoms with Crippen LogP contribution < -0.4 is 5.32 Å². The molecular weight excluding hydrogens is 302 g/mol. The molecule has 0 saturated carbocycles. The summed E-state index contributed by atoms with van der Waals surface area (Å²) in [6, 6.07) is 7.70. The van der Waals surface area contributed by atoms with Crippen LogP contribution in [0.3, 0.4) is 0 Å². The molecule has 0 atom stereocenters. The molecule has 0 aliphatic rings. The molecule has 0 fully saturated rings. The maximum Gasteiger partial charge on any atom is 0.144 e. The summed E-state index contributed by atoms with van der Waals surface area (Å²) in [6.45, 7) is 0.755. The predicted octanol–water partition coefficient (Wildman–Crippen LogP) is 3.55. The van der Waals surface area contributed by atoms with Crippen LogP contribution in [0.2, 0.25) is 5.02 Å². The monoisotopic (exact) mass is 311 g/mol. The Morgan fingerprint density at radius 2 is 2.18 bits per heavy atom. The maximum atomic E-state index is 6.04. The Hall–Kier alpha value is -1.13. The van der Waals surface area contributed by atoms with Crippen molar-refractivity contribution in [3.63, 3.8) is 0 Å². The van der Waals surface area contributed by atoms with E-state index in [2.05, 4.69) is 31.2 Å². The van der Waals surface area contributed by atoms with Crippen molar-refractivity contribution in [2.24, 2.45) is 0 Å². The second-order valence-corrected chi connectivity index (χ2v) is 4.80. The van der Waals surface area contributed by atoms with Crippen LogP contribution in [0.1, 0.15) is 5.69 Å². The quantitative estimate of drug-likeness (QED) is 0.938. The number of rotatable bonds is 4. The topological polar surface area (TPSA) is 37.8 Å². The van der Waals surface area contributed by atoms with E-state index in [0.29, 0.717) is 10.8 Å². The molecule has 0 bridgehead atoms. The largest absolute Gasteiger partial charge is 0.368 e. The number of nitrogens with zero attached hydrogens (tertiary/aromatic N) is 2. The number of hydrogen-bond acceptors (Lipinski definition) is 3. The van der Waals surface area contributed by atoms with E-state index in [1.54, 1.807) is 12.4 Å².